The van der Waals surface area contributed by atoms with E-state index in [9.17, 15) is 9.59 Å². The number of hydrogen-bond donors (Lipinski definition) is 1. The van der Waals surface area contributed by atoms with Gasteiger partial charge in [-0.2, -0.15) is 0 Å². The first kappa shape index (κ1) is 25.2. The molecule has 1 aromatic heterocycles. The molecule has 1 atom stereocenters. The van der Waals surface area contributed by atoms with Crippen LogP contribution >= 0.6 is 11.8 Å². The van der Waals surface area contributed by atoms with E-state index in [0.717, 1.165) is 24.1 Å². The lowest BCUT2D eigenvalue weighted by Gasteiger charge is -2.19. The van der Waals surface area contributed by atoms with Crippen LogP contribution in [0, 0.1) is 6.92 Å². The zero-order valence-corrected chi connectivity index (χ0v) is 20.9. The van der Waals surface area contributed by atoms with Crippen molar-refractivity contribution in [3.63, 3.8) is 0 Å². The molecule has 170 valence electrons. The average molecular weight is 444 g/mol. The molecule has 0 spiro atoms. The second-order valence-corrected chi connectivity index (χ2v) is 10.3. The Bertz CT molecular complexity index is 943. The lowest BCUT2D eigenvalue weighted by atomic mass is 9.86. The molecule has 0 bridgehead atoms. The van der Waals surface area contributed by atoms with Gasteiger partial charge in [-0.1, -0.05) is 77.1 Å². The van der Waals surface area contributed by atoms with Crippen LogP contribution in [0.25, 0.3) is 0 Å². The molecule has 1 amide bonds. The fourth-order valence-electron chi connectivity index (χ4n) is 3.32. The molecule has 2 rings (SSSR count). The summed E-state index contributed by atoms with van der Waals surface area (Å²) in [7, 11) is 1.74. The zero-order chi connectivity index (χ0) is 23.2. The van der Waals surface area contributed by atoms with Gasteiger partial charge in [0, 0.05) is 31.3 Å². The number of aryl methyl sites for hydroxylation is 1. The molecule has 31 heavy (non-hydrogen) atoms. The number of benzene rings is 1. The van der Waals surface area contributed by atoms with Gasteiger partial charge in [-0.3, -0.25) is 14.2 Å². The van der Waals surface area contributed by atoms with E-state index in [4.69, 9.17) is 4.98 Å². The van der Waals surface area contributed by atoms with Crippen LogP contribution < -0.4 is 10.9 Å². The van der Waals surface area contributed by atoms with E-state index >= 15 is 0 Å². The summed E-state index contributed by atoms with van der Waals surface area (Å²) in [5.41, 5.74) is 3.85. The Kier molecular flexibility index (Phi) is 8.92. The molecule has 1 aromatic carbocycles. The van der Waals surface area contributed by atoms with Gasteiger partial charge in [0.1, 0.15) is 0 Å². The normalized spacial score (nSPS) is 12.6. The van der Waals surface area contributed by atoms with Gasteiger partial charge < -0.3 is 5.32 Å². The Morgan fingerprint density at radius 3 is 2.39 bits per heavy atom. The highest BCUT2D eigenvalue weighted by molar-refractivity contribution is 8.00. The van der Waals surface area contributed by atoms with E-state index in [0.29, 0.717) is 30.1 Å². The van der Waals surface area contributed by atoms with Gasteiger partial charge in [-0.25, -0.2) is 4.98 Å². The minimum Gasteiger partial charge on any atom is -0.355 e. The van der Waals surface area contributed by atoms with Gasteiger partial charge in [0.15, 0.2) is 5.16 Å². The van der Waals surface area contributed by atoms with E-state index in [1.807, 2.05) is 13.8 Å². The summed E-state index contributed by atoms with van der Waals surface area (Å²) >= 11 is 1.37. The van der Waals surface area contributed by atoms with Crippen LogP contribution in [0.4, 0.5) is 0 Å². The maximum absolute atomic E-state index is 13.1. The summed E-state index contributed by atoms with van der Waals surface area (Å²) in [5.74, 6) is 0.0101. The monoisotopic (exact) mass is 443 g/mol. The molecule has 0 aliphatic rings. The number of amides is 1. The van der Waals surface area contributed by atoms with Crippen molar-refractivity contribution >= 4 is 17.7 Å². The minimum atomic E-state index is -0.259. The Morgan fingerprint density at radius 2 is 1.84 bits per heavy atom. The number of nitrogens with one attached hydrogen (secondary N) is 1. The minimum absolute atomic E-state index is 0.0101. The van der Waals surface area contributed by atoms with Gasteiger partial charge in [-0.05, 0) is 36.3 Å². The van der Waals surface area contributed by atoms with Gasteiger partial charge in [0.05, 0.1) is 5.25 Å². The molecular formula is C25H37N3O2S. The summed E-state index contributed by atoms with van der Waals surface area (Å²) in [5, 5.41) is 3.32. The van der Waals surface area contributed by atoms with Crippen molar-refractivity contribution in [2.24, 2.45) is 7.05 Å². The molecule has 1 unspecified atom stereocenters. The molecule has 1 heterocycles. The largest absolute Gasteiger partial charge is 0.355 e. The number of rotatable bonds is 9. The topological polar surface area (TPSA) is 64.0 Å². The summed E-state index contributed by atoms with van der Waals surface area (Å²) in [6, 6.07) is 8.46. The number of carbonyl (C=O) groups is 1. The van der Waals surface area contributed by atoms with E-state index in [1.54, 1.807) is 11.6 Å². The van der Waals surface area contributed by atoms with Crippen LogP contribution in [0.1, 0.15) is 76.3 Å². The SMILES string of the molecule is CCCCNC(=O)C(CC)Sc1nc(C)c(Cc2ccc(C(C)(C)C)cc2)c(=O)n1C. The second-order valence-electron chi connectivity index (χ2n) is 9.11. The van der Waals surface area contributed by atoms with Gasteiger partial charge in [0.2, 0.25) is 5.91 Å². The number of aromatic nitrogens is 2. The third-order valence-electron chi connectivity index (χ3n) is 5.49. The molecule has 2 aromatic rings. The average Bonchev–Trinajstić information content (AvgIpc) is 2.72. The molecule has 0 aliphatic heterocycles. The van der Waals surface area contributed by atoms with Crippen LogP contribution in [-0.2, 0) is 23.7 Å². The number of unbranched alkanes of at least 4 members (excludes halogenated alkanes) is 1. The van der Waals surface area contributed by atoms with Gasteiger partial charge in [-0.15, -0.1) is 0 Å². The lowest BCUT2D eigenvalue weighted by molar-refractivity contribution is -0.120. The van der Waals surface area contributed by atoms with Crippen molar-refractivity contribution in [1.29, 1.82) is 0 Å². The van der Waals surface area contributed by atoms with Crippen molar-refractivity contribution in [3.8, 4) is 0 Å². The number of thioether (sulfide) groups is 1. The Morgan fingerprint density at radius 1 is 1.19 bits per heavy atom. The molecule has 0 aliphatic carbocycles. The summed E-state index contributed by atoms with van der Waals surface area (Å²) < 4.78 is 1.58. The molecule has 0 fully saturated rings. The first-order valence-corrected chi connectivity index (χ1v) is 12.1. The van der Waals surface area contributed by atoms with Crippen molar-refractivity contribution < 1.29 is 4.79 Å². The first-order chi connectivity index (χ1) is 14.6. The quantitative estimate of drug-likeness (QED) is 0.345. The fraction of sp³-hybridized carbons (Fsp3) is 0.560. The van der Waals surface area contributed by atoms with Crippen LogP contribution in [0.15, 0.2) is 34.2 Å². The second kappa shape index (κ2) is 11.0. The van der Waals surface area contributed by atoms with E-state index in [2.05, 4.69) is 57.3 Å². The number of hydrogen-bond acceptors (Lipinski definition) is 4. The standard InChI is InChI=1S/C25H37N3O2S/c1-8-10-15-26-22(29)21(9-2)31-24-27-17(3)20(23(30)28(24)7)16-18-11-13-19(14-12-18)25(4,5)6/h11-14,21H,8-10,15-16H2,1-7H3,(H,26,29). The van der Waals surface area contributed by atoms with Crippen molar-refractivity contribution in [1.82, 2.24) is 14.9 Å². The van der Waals surface area contributed by atoms with E-state index < -0.39 is 0 Å². The Balaban J connectivity index is 2.22. The highest BCUT2D eigenvalue weighted by atomic mass is 32.2. The zero-order valence-electron chi connectivity index (χ0n) is 20.0. The number of carbonyl (C=O) groups excluding carboxylic acids is 1. The predicted molar refractivity (Wildman–Crippen MR) is 130 cm³/mol. The highest BCUT2D eigenvalue weighted by Gasteiger charge is 2.22. The van der Waals surface area contributed by atoms with Crippen molar-refractivity contribution in [3.05, 3.63) is 57.0 Å². The van der Waals surface area contributed by atoms with Crippen molar-refractivity contribution in [2.75, 3.05) is 6.54 Å². The third kappa shape index (κ3) is 6.70. The molecule has 0 radical (unpaired) electrons. The third-order valence-corrected chi connectivity index (χ3v) is 6.90. The van der Waals surface area contributed by atoms with Crippen LogP contribution in [0.2, 0.25) is 0 Å². The summed E-state index contributed by atoms with van der Waals surface area (Å²) in [6.45, 7) is 13.2. The molecular weight excluding hydrogens is 406 g/mol. The maximum atomic E-state index is 13.1. The number of nitrogens with zero attached hydrogens (tertiary/aromatic N) is 2. The first-order valence-electron chi connectivity index (χ1n) is 11.2. The molecule has 1 N–H and O–H groups in total. The van der Waals surface area contributed by atoms with E-state index in [1.165, 1.54) is 17.3 Å². The van der Waals surface area contributed by atoms with Crippen LogP contribution in [0.3, 0.4) is 0 Å². The molecule has 0 saturated carbocycles. The van der Waals surface area contributed by atoms with Crippen LogP contribution in [-0.4, -0.2) is 27.3 Å². The predicted octanol–water partition coefficient (Wildman–Crippen LogP) is 4.76. The summed E-state index contributed by atoms with van der Waals surface area (Å²) in [4.78, 5) is 30.3. The summed E-state index contributed by atoms with van der Waals surface area (Å²) in [6.07, 6.45) is 3.24. The van der Waals surface area contributed by atoms with Crippen LogP contribution in [0.5, 0.6) is 0 Å². The van der Waals surface area contributed by atoms with E-state index in [-0.39, 0.29) is 22.1 Å². The fourth-order valence-corrected chi connectivity index (χ4v) is 4.36. The maximum Gasteiger partial charge on any atom is 0.257 e. The smallest absolute Gasteiger partial charge is 0.257 e. The lowest BCUT2D eigenvalue weighted by Crippen LogP contribution is -2.34. The molecule has 0 saturated heterocycles. The van der Waals surface area contributed by atoms with Gasteiger partial charge >= 0.3 is 0 Å². The Labute approximate surface area is 191 Å². The Hall–Kier alpha value is -2.08. The molecule has 5 nitrogen and oxygen atoms in total. The highest BCUT2D eigenvalue weighted by Crippen LogP contribution is 2.25. The van der Waals surface area contributed by atoms with Gasteiger partial charge in [0.25, 0.3) is 5.56 Å². The molecule has 6 heteroatoms. The van der Waals surface area contributed by atoms with Crippen molar-refractivity contribution in [2.45, 2.75) is 83.0 Å².